The number of carbonyl (C=O) groups excluding carboxylic acids is 2. The summed E-state index contributed by atoms with van der Waals surface area (Å²) in [5.74, 6) is -0.950. The third-order valence-electron chi connectivity index (χ3n) is 7.62. The molecule has 0 radical (unpaired) electrons. The molecule has 3 heterocycles. The van der Waals surface area contributed by atoms with E-state index in [2.05, 4.69) is 21.3 Å². The van der Waals surface area contributed by atoms with Gasteiger partial charge in [0.2, 0.25) is 11.8 Å². The van der Waals surface area contributed by atoms with Gasteiger partial charge in [-0.15, -0.1) is 0 Å². The maximum Gasteiger partial charge on any atom is 0.224 e. The van der Waals surface area contributed by atoms with E-state index in [9.17, 15) is 14.9 Å². The topological polar surface area (TPSA) is 121 Å². The Morgan fingerprint density at radius 2 is 2.19 bits per heavy atom. The summed E-state index contributed by atoms with van der Waals surface area (Å²) in [6.45, 7) is 0.840. The number of ether oxygens (including phenoxy) is 2. The zero-order valence-corrected chi connectivity index (χ0v) is 19.4. The highest BCUT2D eigenvalue weighted by molar-refractivity contribution is 5.98. The fraction of sp³-hybridized carbons (Fsp3) is 0.423. The lowest BCUT2D eigenvalue weighted by atomic mass is 9.53. The minimum Gasteiger partial charge on any atom is -0.474 e. The normalized spacial score (nSPS) is 27.4. The molecule has 1 saturated heterocycles. The van der Waals surface area contributed by atoms with Crippen molar-refractivity contribution in [3.05, 3.63) is 53.5 Å². The Kier molecular flexibility index (Phi) is 5.45. The second-order valence-electron chi connectivity index (χ2n) is 9.73. The highest BCUT2D eigenvalue weighted by Gasteiger charge is 2.58. The molecule has 1 spiro atoms. The maximum absolute atomic E-state index is 15.1. The van der Waals surface area contributed by atoms with Crippen LogP contribution in [0.1, 0.15) is 30.4 Å². The zero-order valence-electron chi connectivity index (χ0n) is 19.4. The molecule has 3 aliphatic rings. The fourth-order valence-corrected chi connectivity index (χ4v) is 5.90. The lowest BCUT2D eigenvalue weighted by Crippen LogP contribution is -2.58. The smallest absolute Gasteiger partial charge is 0.224 e. The van der Waals surface area contributed by atoms with Crippen LogP contribution in [-0.2, 0) is 26.2 Å². The summed E-state index contributed by atoms with van der Waals surface area (Å²) < 4.78 is 26.5. The van der Waals surface area contributed by atoms with Crippen molar-refractivity contribution in [2.75, 3.05) is 19.8 Å². The number of morpholine rings is 1. The van der Waals surface area contributed by atoms with Crippen LogP contribution in [0.15, 0.2) is 36.5 Å². The van der Waals surface area contributed by atoms with Gasteiger partial charge in [-0.05, 0) is 24.1 Å². The number of hydrogen-bond donors (Lipinski definition) is 1. The van der Waals surface area contributed by atoms with Crippen molar-refractivity contribution >= 4 is 22.7 Å². The number of fused-ring (bicyclic) bond motifs is 3. The molecule has 1 N–H and O–H groups in total. The minimum absolute atomic E-state index is 0.0149. The summed E-state index contributed by atoms with van der Waals surface area (Å²) in [6, 6.07) is 9.85. The summed E-state index contributed by atoms with van der Waals surface area (Å²) >= 11 is 0. The van der Waals surface area contributed by atoms with Crippen molar-refractivity contribution in [2.24, 2.45) is 5.92 Å². The number of amides is 1. The lowest BCUT2D eigenvalue weighted by Gasteiger charge is -2.50. The number of nitriles is 1. The van der Waals surface area contributed by atoms with E-state index in [1.165, 1.54) is 11.0 Å². The Hall–Kier alpha value is -3.84. The number of H-pyrrole nitrogens is 1. The van der Waals surface area contributed by atoms with Crippen molar-refractivity contribution in [1.82, 2.24) is 20.1 Å². The standard InChI is InChI=1S/C26H24FN5O4/c27-19-3-1-2-15-8-16(9-23(33)32-6-7-35-14-17(32)12-28)25(34)26(24(15)19)10-18(11-26)36-22-5-4-20-21(30-22)13-29-31-20/h1-5,13,16-18H,6-11,14H2,(H,29,31). The third-order valence-corrected chi connectivity index (χ3v) is 7.62. The molecule has 1 amide bonds. The van der Waals surface area contributed by atoms with Crippen molar-refractivity contribution in [2.45, 2.75) is 43.2 Å². The molecule has 1 aromatic carbocycles. The number of ketones is 1. The van der Waals surface area contributed by atoms with E-state index in [0.29, 0.717) is 49.4 Å². The molecule has 2 aliphatic carbocycles. The Morgan fingerprint density at radius 3 is 3.03 bits per heavy atom. The van der Waals surface area contributed by atoms with Crippen molar-refractivity contribution in [1.29, 1.82) is 5.26 Å². The Balaban J connectivity index is 1.24. The van der Waals surface area contributed by atoms with Gasteiger partial charge in [0, 0.05) is 43.4 Å². The number of benzene rings is 1. The summed E-state index contributed by atoms with van der Waals surface area (Å²) in [4.78, 5) is 32.9. The van der Waals surface area contributed by atoms with Gasteiger partial charge in [0.05, 0.1) is 36.4 Å². The average Bonchev–Trinajstić information content (AvgIpc) is 3.33. The highest BCUT2D eigenvalue weighted by Crippen LogP contribution is 2.53. The lowest BCUT2D eigenvalue weighted by molar-refractivity contribution is -0.145. The number of hydrogen-bond acceptors (Lipinski definition) is 7. The molecule has 9 nitrogen and oxygen atoms in total. The van der Waals surface area contributed by atoms with E-state index >= 15 is 4.39 Å². The number of aromatic nitrogens is 3. The minimum atomic E-state index is -1.03. The monoisotopic (exact) mass is 489 g/mol. The molecule has 1 aliphatic heterocycles. The van der Waals surface area contributed by atoms with Crippen LogP contribution in [0.25, 0.3) is 11.0 Å². The van der Waals surface area contributed by atoms with E-state index in [0.717, 1.165) is 11.1 Å². The Bertz CT molecular complexity index is 1390. The van der Waals surface area contributed by atoms with Gasteiger partial charge in [-0.25, -0.2) is 9.37 Å². The van der Waals surface area contributed by atoms with Crippen molar-refractivity contribution in [3.63, 3.8) is 0 Å². The molecule has 10 heteroatoms. The zero-order chi connectivity index (χ0) is 24.9. The molecule has 184 valence electrons. The van der Waals surface area contributed by atoms with Crippen LogP contribution in [0.3, 0.4) is 0 Å². The summed E-state index contributed by atoms with van der Waals surface area (Å²) in [6.07, 6.45) is 2.20. The molecule has 2 aromatic heterocycles. The molecule has 36 heavy (non-hydrogen) atoms. The van der Waals surface area contributed by atoms with Crippen LogP contribution in [0.4, 0.5) is 4.39 Å². The van der Waals surface area contributed by atoms with Gasteiger partial charge in [-0.3, -0.25) is 14.7 Å². The van der Waals surface area contributed by atoms with E-state index in [1.54, 1.807) is 18.3 Å². The summed E-state index contributed by atoms with van der Waals surface area (Å²) in [7, 11) is 0. The van der Waals surface area contributed by atoms with Crippen LogP contribution in [0.2, 0.25) is 0 Å². The van der Waals surface area contributed by atoms with Gasteiger partial charge in [0.15, 0.2) is 0 Å². The molecule has 2 fully saturated rings. The predicted octanol–water partition coefficient (Wildman–Crippen LogP) is 2.46. The van der Waals surface area contributed by atoms with Crippen molar-refractivity contribution < 1.29 is 23.5 Å². The van der Waals surface area contributed by atoms with Gasteiger partial charge < -0.3 is 14.4 Å². The van der Waals surface area contributed by atoms with Crippen LogP contribution in [-0.4, -0.2) is 63.7 Å². The van der Waals surface area contributed by atoms with Gasteiger partial charge in [0.25, 0.3) is 0 Å². The van der Waals surface area contributed by atoms with Crippen LogP contribution >= 0.6 is 0 Å². The van der Waals surface area contributed by atoms with Crippen molar-refractivity contribution in [3.8, 4) is 11.9 Å². The number of nitrogens with one attached hydrogen (secondary N) is 1. The first-order valence-corrected chi connectivity index (χ1v) is 12.0. The highest BCUT2D eigenvalue weighted by atomic mass is 19.1. The van der Waals surface area contributed by atoms with E-state index in [1.807, 2.05) is 12.1 Å². The number of Topliss-reactive ketones (excluding diaryl/α,β-unsaturated/α-hetero) is 1. The van der Waals surface area contributed by atoms with Gasteiger partial charge in [-0.2, -0.15) is 10.4 Å². The van der Waals surface area contributed by atoms with Crippen LogP contribution in [0.5, 0.6) is 5.88 Å². The summed E-state index contributed by atoms with van der Waals surface area (Å²) in [5, 5.41) is 16.2. The first-order chi connectivity index (χ1) is 17.5. The first-order valence-electron chi connectivity index (χ1n) is 12.0. The van der Waals surface area contributed by atoms with Gasteiger partial charge in [-0.1, -0.05) is 12.1 Å². The SMILES string of the molecule is N#CC1COCCN1C(=O)CC1Cc2cccc(F)c2C2(CC(Oc3ccc4[nH]ncc4n3)C2)C1=O. The largest absolute Gasteiger partial charge is 0.474 e. The summed E-state index contributed by atoms with van der Waals surface area (Å²) in [5.41, 5.74) is 1.61. The Morgan fingerprint density at radius 1 is 1.33 bits per heavy atom. The van der Waals surface area contributed by atoms with E-state index < -0.39 is 23.2 Å². The van der Waals surface area contributed by atoms with E-state index in [-0.39, 0.29) is 30.8 Å². The molecule has 6 rings (SSSR count). The van der Waals surface area contributed by atoms with Gasteiger partial charge >= 0.3 is 0 Å². The molecule has 2 atom stereocenters. The number of aromatic amines is 1. The molecule has 1 saturated carbocycles. The predicted molar refractivity (Wildman–Crippen MR) is 124 cm³/mol. The fourth-order valence-electron chi connectivity index (χ4n) is 5.90. The Labute approximate surface area is 206 Å². The number of rotatable bonds is 4. The number of pyridine rings is 1. The van der Waals surface area contributed by atoms with E-state index in [4.69, 9.17) is 9.47 Å². The second-order valence-corrected chi connectivity index (χ2v) is 9.73. The maximum atomic E-state index is 15.1. The third kappa shape index (κ3) is 3.62. The number of halogens is 1. The second kappa shape index (κ2) is 8.68. The molecular weight excluding hydrogens is 465 g/mol. The molecular formula is C26H24FN5O4. The van der Waals surface area contributed by atoms with Crippen LogP contribution in [0, 0.1) is 23.1 Å². The molecule has 3 aromatic rings. The number of carbonyl (C=O) groups is 2. The average molecular weight is 490 g/mol. The number of nitrogens with zero attached hydrogens (tertiary/aromatic N) is 4. The quantitative estimate of drug-likeness (QED) is 0.598. The molecule has 0 bridgehead atoms. The first kappa shape index (κ1) is 22.6. The van der Waals surface area contributed by atoms with Gasteiger partial charge in [0.1, 0.15) is 29.3 Å². The molecule has 2 unspecified atom stereocenters. The van der Waals surface area contributed by atoms with Crippen LogP contribution < -0.4 is 4.74 Å².